The molecule has 0 aromatic heterocycles. The molecule has 27 heavy (non-hydrogen) atoms. The van der Waals surface area contributed by atoms with Gasteiger partial charge >= 0.3 is 5.97 Å². The van der Waals surface area contributed by atoms with E-state index in [1.165, 1.54) is 50.4 Å². The Morgan fingerprint density at radius 3 is 2.63 bits per heavy atom. The number of non-ortho nitro benzene ring substituents is 1. The number of nitro groups is 1. The Morgan fingerprint density at radius 2 is 2.00 bits per heavy atom. The number of nitrogens with one attached hydrogen (secondary N) is 1. The maximum Gasteiger partial charge on any atom is 0.342 e. The number of amides is 1. The lowest BCUT2D eigenvalue weighted by Gasteiger charge is -2.15. The molecule has 142 valence electrons. The van der Waals surface area contributed by atoms with Crippen LogP contribution in [0.2, 0.25) is 5.02 Å². The van der Waals surface area contributed by atoms with E-state index in [1.807, 2.05) is 0 Å². The van der Waals surface area contributed by atoms with Gasteiger partial charge in [-0.25, -0.2) is 4.79 Å². The largest absolute Gasteiger partial charge is 0.496 e. The molecule has 2 aromatic carbocycles. The van der Waals surface area contributed by atoms with Crippen LogP contribution in [0, 0.1) is 10.1 Å². The highest BCUT2D eigenvalue weighted by Gasteiger charge is 2.23. The standard InChI is InChI=1S/C17H16ClN3O6/c1-9(16(22)20-10-4-3-5-11(6-10)21(24)25)27-17(23)12-7-13(18)14(19)8-15(12)26-2/h3-9H,19H2,1-2H3,(H,20,22)/t9-/m1/s1. The highest BCUT2D eigenvalue weighted by molar-refractivity contribution is 6.33. The van der Waals surface area contributed by atoms with Gasteiger partial charge in [0.2, 0.25) is 0 Å². The number of benzene rings is 2. The van der Waals surface area contributed by atoms with Crippen molar-refractivity contribution in [3.63, 3.8) is 0 Å². The first-order valence-corrected chi connectivity index (χ1v) is 8.00. The van der Waals surface area contributed by atoms with Gasteiger partial charge in [-0.2, -0.15) is 0 Å². The Balaban J connectivity index is 2.10. The molecular formula is C17H16ClN3O6. The number of halogens is 1. The van der Waals surface area contributed by atoms with E-state index in [4.69, 9.17) is 26.8 Å². The quantitative estimate of drug-likeness (QED) is 0.333. The molecule has 2 aromatic rings. The number of anilines is 2. The lowest BCUT2D eigenvalue weighted by Crippen LogP contribution is -2.30. The number of carbonyl (C=O) groups excluding carboxylic acids is 2. The third-order valence-electron chi connectivity index (χ3n) is 3.52. The highest BCUT2D eigenvalue weighted by Crippen LogP contribution is 2.29. The summed E-state index contributed by atoms with van der Waals surface area (Å²) in [6.07, 6.45) is -1.18. The Hall–Kier alpha value is -3.33. The zero-order valence-corrected chi connectivity index (χ0v) is 15.1. The first-order chi connectivity index (χ1) is 12.7. The minimum absolute atomic E-state index is 0.00620. The molecule has 0 radical (unpaired) electrons. The van der Waals surface area contributed by atoms with Crippen LogP contribution >= 0.6 is 11.6 Å². The number of hydrogen-bond acceptors (Lipinski definition) is 7. The third-order valence-corrected chi connectivity index (χ3v) is 3.84. The molecule has 0 bridgehead atoms. The van der Waals surface area contributed by atoms with Crippen molar-refractivity contribution in [2.75, 3.05) is 18.2 Å². The number of esters is 1. The molecule has 0 heterocycles. The van der Waals surface area contributed by atoms with Gasteiger partial charge in [0.05, 0.1) is 22.7 Å². The topological polar surface area (TPSA) is 134 Å². The summed E-state index contributed by atoms with van der Waals surface area (Å²) in [7, 11) is 1.35. The van der Waals surface area contributed by atoms with Crippen molar-refractivity contribution >= 4 is 40.5 Å². The first-order valence-electron chi connectivity index (χ1n) is 7.62. The lowest BCUT2D eigenvalue weighted by molar-refractivity contribution is -0.384. The van der Waals surface area contributed by atoms with Gasteiger partial charge in [-0.15, -0.1) is 0 Å². The van der Waals surface area contributed by atoms with Crippen LogP contribution in [-0.4, -0.2) is 30.0 Å². The van der Waals surface area contributed by atoms with Crippen molar-refractivity contribution in [3.05, 3.63) is 57.1 Å². The molecule has 0 saturated carbocycles. The van der Waals surface area contributed by atoms with E-state index in [0.29, 0.717) is 0 Å². The predicted octanol–water partition coefficient (Wildman–Crippen LogP) is 3.02. The molecule has 1 atom stereocenters. The van der Waals surface area contributed by atoms with Crippen LogP contribution in [0.15, 0.2) is 36.4 Å². The highest BCUT2D eigenvalue weighted by atomic mass is 35.5. The normalized spacial score (nSPS) is 11.4. The van der Waals surface area contributed by atoms with Gasteiger partial charge in [-0.3, -0.25) is 14.9 Å². The second-order valence-electron chi connectivity index (χ2n) is 5.42. The van der Waals surface area contributed by atoms with Gasteiger partial charge in [0.25, 0.3) is 11.6 Å². The molecule has 0 saturated heterocycles. The van der Waals surface area contributed by atoms with Crippen LogP contribution < -0.4 is 15.8 Å². The fourth-order valence-corrected chi connectivity index (χ4v) is 2.28. The molecule has 0 aliphatic heterocycles. The molecule has 2 rings (SSSR count). The van der Waals surface area contributed by atoms with Crippen molar-refractivity contribution in [2.45, 2.75) is 13.0 Å². The van der Waals surface area contributed by atoms with Crippen molar-refractivity contribution < 1.29 is 24.0 Å². The van der Waals surface area contributed by atoms with E-state index in [-0.39, 0.29) is 33.4 Å². The Labute approximate surface area is 159 Å². The number of rotatable bonds is 6. The minimum atomic E-state index is -1.18. The molecular weight excluding hydrogens is 378 g/mol. The van der Waals surface area contributed by atoms with Gasteiger partial charge in [-0.1, -0.05) is 17.7 Å². The molecule has 9 nitrogen and oxygen atoms in total. The first kappa shape index (κ1) is 20.0. The summed E-state index contributed by atoms with van der Waals surface area (Å²) in [5.41, 5.74) is 5.91. The molecule has 0 aliphatic rings. The number of nitro benzene ring substituents is 1. The van der Waals surface area contributed by atoms with Crippen LogP contribution in [0.25, 0.3) is 0 Å². The Bertz CT molecular complexity index is 902. The molecule has 0 fully saturated rings. The number of nitrogen functional groups attached to an aromatic ring is 1. The Kier molecular flexibility index (Phi) is 6.19. The minimum Gasteiger partial charge on any atom is -0.496 e. The number of carbonyl (C=O) groups is 2. The van der Waals surface area contributed by atoms with Crippen LogP contribution in [0.4, 0.5) is 17.1 Å². The zero-order chi connectivity index (χ0) is 20.1. The van der Waals surface area contributed by atoms with E-state index in [9.17, 15) is 19.7 Å². The van der Waals surface area contributed by atoms with Crippen molar-refractivity contribution in [1.29, 1.82) is 0 Å². The average molecular weight is 394 g/mol. The second kappa shape index (κ2) is 8.37. The van der Waals surface area contributed by atoms with Gasteiger partial charge in [-0.05, 0) is 19.1 Å². The fourth-order valence-electron chi connectivity index (χ4n) is 2.12. The van der Waals surface area contributed by atoms with Crippen LogP contribution in [-0.2, 0) is 9.53 Å². The molecule has 10 heteroatoms. The van der Waals surface area contributed by atoms with Gasteiger partial charge in [0.1, 0.15) is 11.3 Å². The summed E-state index contributed by atoms with van der Waals surface area (Å²) in [5.74, 6) is -1.35. The Morgan fingerprint density at radius 1 is 1.30 bits per heavy atom. The summed E-state index contributed by atoms with van der Waals surface area (Å²) in [6, 6.07) is 8.02. The zero-order valence-electron chi connectivity index (χ0n) is 14.4. The monoisotopic (exact) mass is 393 g/mol. The maximum atomic E-state index is 12.3. The van der Waals surface area contributed by atoms with E-state index in [2.05, 4.69) is 5.32 Å². The van der Waals surface area contributed by atoms with Crippen LogP contribution in [0.3, 0.4) is 0 Å². The van der Waals surface area contributed by atoms with Gasteiger partial charge in [0, 0.05) is 23.9 Å². The predicted molar refractivity (Wildman–Crippen MR) is 99.0 cm³/mol. The van der Waals surface area contributed by atoms with E-state index in [0.717, 1.165) is 0 Å². The molecule has 0 aliphatic carbocycles. The SMILES string of the molecule is COc1cc(N)c(Cl)cc1C(=O)O[C@H](C)C(=O)Nc1cccc([N+](=O)[O-])c1. The smallest absolute Gasteiger partial charge is 0.342 e. The average Bonchev–Trinajstić information content (AvgIpc) is 2.63. The summed E-state index contributed by atoms with van der Waals surface area (Å²) in [6.45, 7) is 1.36. The van der Waals surface area contributed by atoms with E-state index >= 15 is 0 Å². The second-order valence-corrected chi connectivity index (χ2v) is 5.83. The van der Waals surface area contributed by atoms with E-state index < -0.39 is 22.9 Å². The van der Waals surface area contributed by atoms with Gasteiger partial charge in [0.15, 0.2) is 6.10 Å². The number of nitrogens with zero attached hydrogens (tertiary/aromatic N) is 1. The van der Waals surface area contributed by atoms with E-state index in [1.54, 1.807) is 0 Å². The number of nitrogens with two attached hydrogens (primary N) is 1. The summed E-state index contributed by atoms with van der Waals surface area (Å²) in [5, 5.41) is 13.4. The fraction of sp³-hybridized carbons (Fsp3) is 0.176. The molecule has 3 N–H and O–H groups in total. The van der Waals surface area contributed by atoms with Gasteiger partial charge < -0.3 is 20.5 Å². The molecule has 0 spiro atoms. The number of ether oxygens (including phenoxy) is 2. The van der Waals surface area contributed by atoms with Crippen LogP contribution in [0.1, 0.15) is 17.3 Å². The third kappa shape index (κ3) is 4.85. The van der Waals surface area contributed by atoms with Crippen LogP contribution in [0.5, 0.6) is 5.75 Å². The maximum absolute atomic E-state index is 12.3. The van der Waals surface area contributed by atoms with Crippen molar-refractivity contribution in [1.82, 2.24) is 0 Å². The van der Waals surface area contributed by atoms with Crippen molar-refractivity contribution in [2.24, 2.45) is 0 Å². The number of methoxy groups -OCH3 is 1. The summed E-state index contributed by atoms with van der Waals surface area (Å²) >= 11 is 5.91. The summed E-state index contributed by atoms with van der Waals surface area (Å²) in [4.78, 5) is 34.7. The molecule has 0 unspecified atom stereocenters. The summed E-state index contributed by atoms with van der Waals surface area (Å²) < 4.78 is 10.2. The molecule has 1 amide bonds. The number of hydrogen-bond donors (Lipinski definition) is 2. The van der Waals surface area contributed by atoms with Crippen molar-refractivity contribution in [3.8, 4) is 5.75 Å². The lowest BCUT2D eigenvalue weighted by atomic mass is 10.2.